The molecule has 0 spiro atoms. The second-order valence-electron chi connectivity index (χ2n) is 4.03. The van der Waals surface area contributed by atoms with Crippen LogP contribution in [-0.4, -0.2) is 43.5 Å². The van der Waals surface area contributed by atoms with Gasteiger partial charge in [0.1, 0.15) is 5.75 Å². The van der Waals surface area contributed by atoms with Gasteiger partial charge in [-0.25, -0.2) is 0 Å². The molecule has 1 aromatic rings. The normalized spacial score (nSPS) is 9.79. The van der Waals surface area contributed by atoms with Crippen LogP contribution in [-0.2, 0) is 9.59 Å². The van der Waals surface area contributed by atoms with Crippen LogP contribution in [0.4, 0.5) is 5.69 Å². The number of ether oxygens (including phenoxy) is 1. The molecular formula is C13H19N3O3. The van der Waals surface area contributed by atoms with Crippen molar-refractivity contribution in [2.24, 2.45) is 0 Å². The smallest absolute Gasteiger partial charge is 0.260 e. The summed E-state index contributed by atoms with van der Waals surface area (Å²) in [6.07, 6.45) is 0. The molecule has 0 saturated carbocycles. The van der Waals surface area contributed by atoms with Gasteiger partial charge in [0.25, 0.3) is 5.91 Å². The van der Waals surface area contributed by atoms with Crippen LogP contribution >= 0.6 is 0 Å². The van der Waals surface area contributed by atoms with E-state index in [1.807, 2.05) is 6.92 Å². The van der Waals surface area contributed by atoms with Crippen LogP contribution in [0.1, 0.15) is 6.92 Å². The quantitative estimate of drug-likeness (QED) is 0.722. The minimum atomic E-state index is -0.283. The SMILES string of the molecule is CCNC(=O)CN(C)C(=O)COc1ccccc1N. The van der Waals surface area contributed by atoms with Gasteiger partial charge in [-0.1, -0.05) is 12.1 Å². The molecule has 104 valence electrons. The Labute approximate surface area is 112 Å². The zero-order chi connectivity index (χ0) is 14.3. The zero-order valence-corrected chi connectivity index (χ0v) is 11.2. The van der Waals surface area contributed by atoms with E-state index in [0.717, 1.165) is 0 Å². The van der Waals surface area contributed by atoms with E-state index < -0.39 is 0 Å². The van der Waals surface area contributed by atoms with E-state index in [2.05, 4.69) is 5.32 Å². The van der Waals surface area contributed by atoms with Crippen LogP contribution in [0.15, 0.2) is 24.3 Å². The summed E-state index contributed by atoms with van der Waals surface area (Å²) >= 11 is 0. The van der Waals surface area contributed by atoms with Gasteiger partial charge < -0.3 is 20.7 Å². The molecule has 0 heterocycles. The van der Waals surface area contributed by atoms with Crippen LogP contribution < -0.4 is 15.8 Å². The Kier molecular flexibility index (Phi) is 5.66. The molecule has 2 amide bonds. The first-order chi connectivity index (χ1) is 9.04. The molecule has 0 aliphatic rings. The number of anilines is 1. The van der Waals surface area contributed by atoms with Crippen molar-refractivity contribution in [1.82, 2.24) is 10.2 Å². The molecule has 0 aliphatic heterocycles. The van der Waals surface area contributed by atoms with E-state index >= 15 is 0 Å². The lowest BCUT2D eigenvalue weighted by atomic mass is 10.3. The molecule has 6 nitrogen and oxygen atoms in total. The molecule has 19 heavy (non-hydrogen) atoms. The van der Waals surface area contributed by atoms with E-state index in [1.165, 1.54) is 4.90 Å². The Morgan fingerprint density at radius 1 is 1.37 bits per heavy atom. The molecule has 0 saturated heterocycles. The number of carbonyl (C=O) groups is 2. The van der Waals surface area contributed by atoms with E-state index in [1.54, 1.807) is 31.3 Å². The van der Waals surface area contributed by atoms with E-state index in [0.29, 0.717) is 18.0 Å². The van der Waals surface area contributed by atoms with E-state index in [-0.39, 0.29) is 25.0 Å². The Bertz CT molecular complexity index is 449. The first kappa shape index (κ1) is 14.8. The summed E-state index contributed by atoms with van der Waals surface area (Å²) in [6.45, 7) is 2.23. The Balaban J connectivity index is 2.43. The van der Waals surface area contributed by atoms with Gasteiger partial charge in [0.2, 0.25) is 5.91 Å². The molecule has 0 fully saturated rings. The number of nitrogen functional groups attached to an aromatic ring is 1. The number of para-hydroxylation sites is 2. The fourth-order valence-electron chi connectivity index (χ4n) is 1.42. The summed E-state index contributed by atoms with van der Waals surface area (Å²) in [5, 5.41) is 2.62. The average Bonchev–Trinajstić information content (AvgIpc) is 2.37. The van der Waals surface area contributed by atoms with Crippen molar-refractivity contribution in [2.45, 2.75) is 6.92 Å². The number of amides is 2. The van der Waals surface area contributed by atoms with Crippen LogP contribution in [0.3, 0.4) is 0 Å². The number of likely N-dealkylation sites (N-methyl/N-ethyl adjacent to an activating group) is 2. The van der Waals surface area contributed by atoms with Gasteiger partial charge in [0.05, 0.1) is 12.2 Å². The van der Waals surface area contributed by atoms with Crippen molar-refractivity contribution < 1.29 is 14.3 Å². The van der Waals surface area contributed by atoms with Gasteiger partial charge in [-0.15, -0.1) is 0 Å². The molecule has 0 unspecified atom stereocenters. The molecular weight excluding hydrogens is 246 g/mol. The first-order valence-electron chi connectivity index (χ1n) is 6.02. The minimum Gasteiger partial charge on any atom is -0.482 e. The highest BCUT2D eigenvalue weighted by Crippen LogP contribution is 2.19. The molecule has 6 heteroatoms. The largest absolute Gasteiger partial charge is 0.482 e. The summed E-state index contributed by atoms with van der Waals surface area (Å²) in [5.41, 5.74) is 6.16. The fourth-order valence-corrected chi connectivity index (χ4v) is 1.42. The molecule has 0 aliphatic carbocycles. The molecule has 1 rings (SSSR count). The highest BCUT2D eigenvalue weighted by molar-refractivity contribution is 5.85. The van der Waals surface area contributed by atoms with Gasteiger partial charge >= 0.3 is 0 Å². The van der Waals surface area contributed by atoms with Crippen molar-refractivity contribution in [2.75, 3.05) is 32.5 Å². The maximum Gasteiger partial charge on any atom is 0.260 e. The highest BCUT2D eigenvalue weighted by atomic mass is 16.5. The highest BCUT2D eigenvalue weighted by Gasteiger charge is 2.13. The zero-order valence-electron chi connectivity index (χ0n) is 11.2. The third-order valence-corrected chi connectivity index (χ3v) is 2.45. The molecule has 0 aromatic heterocycles. The molecule has 0 bridgehead atoms. The first-order valence-corrected chi connectivity index (χ1v) is 6.02. The summed E-state index contributed by atoms with van der Waals surface area (Å²) in [6, 6.07) is 6.93. The van der Waals surface area contributed by atoms with Gasteiger partial charge in [-0.3, -0.25) is 9.59 Å². The lowest BCUT2D eigenvalue weighted by molar-refractivity contribution is -0.136. The number of hydrogen-bond acceptors (Lipinski definition) is 4. The van der Waals surface area contributed by atoms with E-state index in [9.17, 15) is 9.59 Å². The van der Waals surface area contributed by atoms with Gasteiger partial charge in [0, 0.05) is 13.6 Å². The summed E-state index contributed by atoms with van der Waals surface area (Å²) in [4.78, 5) is 24.4. The van der Waals surface area contributed by atoms with Crippen LogP contribution in [0.25, 0.3) is 0 Å². The summed E-state index contributed by atoms with van der Waals surface area (Å²) < 4.78 is 5.31. The van der Waals surface area contributed by atoms with Crippen LogP contribution in [0.2, 0.25) is 0 Å². The number of benzene rings is 1. The summed E-state index contributed by atoms with van der Waals surface area (Å²) in [7, 11) is 1.55. The second kappa shape index (κ2) is 7.25. The van der Waals surface area contributed by atoms with Crippen molar-refractivity contribution in [3.63, 3.8) is 0 Å². The number of nitrogens with zero attached hydrogens (tertiary/aromatic N) is 1. The molecule has 0 radical (unpaired) electrons. The lowest BCUT2D eigenvalue weighted by Gasteiger charge is -2.17. The van der Waals surface area contributed by atoms with Crippen molar-refractivity contribution >= 4 is 17.5 Å². The summed E-state index contributed by atoms with van der Waals surface area (Å²) in [5.74, 6) is -0.0191. The Hall–Kier alpha value is -2.24. The standard InChI is InChI=1S/C13H19N3O3/c1-3-15-12(17)8-16(2)13(18)9-19-11-7-5-4-6-10(11)14/h4-7H,3,8-9,14H2,1-2H3,(H,15,17). The van der Waals surface area contributed by atoms with Crippen molar-refractivity contribution in [3.05, 3.63) is 24.3 Å². The van der Waals surface area contributed by atoms with Crippen molar-refractivity contribution in [1.29, 1.82) is 0 Å². The second-order valence-corrected chi connectivity index (χ2v) is 4.03. The van der Waals surface area contributed by atoms with Crippen molar-refractivity contribution in [3.8, 4) is 5.75 Å². The number of carbonyl (C=O) groups excluding carboxylic acids is 2. The minimum absolute atomic E-state index is 0.0142. The predicted molar refractivity (Wildman–Crippen MR) is 72.7 cm³/mol. The molecule has 3 N–H and O–H groups in total. The fraction of sp³-hybridized carbons (Fsp3) is 0.385. The lowest BCUT2D eigenvalue weighted by Crippen LogP contribution is -2.40. The maximum atomic E-state index is 11.7. The number of nitrogens with two attached hydrogens (primary N) is 1. The molecule has 0 atom stereocenters. The van der Waals surface area contributed by atoms with Crippen LogP contribution in [0, 0.1) is 0 Å². The Morgan fingerprint density at radius 2 is 2.05 bits per heavy atom. The monoisotopic (exact) mass is 265 g/mol. The van der Waals surface area contributed by atoms with Crippen LogP contribution in [0.5, 0.6) is 5.75 Å². The third-order valence-electron chi connectivity index (χ3n) is 2.45. The maximum absolute atomic E-state index is 11.7. The van der Waals surface area contributed by atoms with Gasteiger partial charge in [-0.2, -0.15) is 0 Å². The third kappa shape index (κ3) is 4.87. The number of rotatable bonds is 6. The number of hydrogen-bond donors (Lipinski definition) is 2. The average molecular weight is 265 g/mol. The predicted octanol–water partition coefficient (Wildman–Crippen LogP) is 0.242. The van der Waals surface area contributed by atoms with Gasteiger partial charge in [-0.05, 0) is 19.1 Å². The topological polar surface area (TPSA) is 84.7 Å². The van der Waals surface area contributed by atoms with E-state index in [4.69, 9.17) is 10.5 Å². The Morgan fingerprint density at radius 3 is 2.68 bits per heavy atom. The number of nitrogens with one attached hydrogen (secondary N) is 1. The molecule has 1 aromatic carbocycles. The van der Waals surface area contributed by atoms with Gasteiger partial charge in [0.15, 0.2) is 6.61 Å².